The van der Waals surface area contributed by atoms with Gasteiger partial charge in [-0.05, 0) is 107 Å². The van der Waals surface area contributed by atoms with Crippen LogP contribution in [0.1, 0.15) is 0 Å². The van der Waals surface area contributed by atoms with Crippen molar-refractivity contribution in [1.29, 1.82) is 0 Å². The van der Waals surface area contributed by atoms with Crippen molar-refractivity contribution in [2.24, 2.45) is 0 Å². The Hall–Kier alpha value is -8.08. The van der Waals surface area contributed by atoms with E-state index in [9.17, 15) is 0 Å². The lowest BCUT2D eigenvalue weighted by molar-refractivity contribution is 0.645. The summed E-state index contributed by atoms with van der Waals surface area (Å²) in [6.07, 6.45) is 0. The molecule has 0 radical (unpaired) electrons. The molecule has 0 aliphatic rings. The van der Waals surface area contributed by atoms with Gasteiger partial charge in [0.15, 0.2) is 0 Å². The largest absolute Gasteiger partial charge is 0.439 e. The van der Waals surface area contributed by atoms with E-state index < -0.39 is 0 Å². The summed E-state index contributed by atoms with van der Waals surface area (Å²) in [6.45, 7) is 0. The monoisotopic (exact) mass is 765 g/mol. The normalized spacial score (nSPS) is 12.0. The Kier molecular flexibility index (Phi) is 6.98. The van der Waals surface area contributed by atoms with Crippen molar-refractivity contribution in [3.8, 4) is 39.3 Å². The lowest BCUT2D eigenvalue weighted by Gasteiger charge is -2.12. The van der Waals surface area contributed by atoms with E-state index in [1.165, 1.54) is 49.0 Å². The first-order valence-electron chi connectivity index (χ1n) is 20.5. The molecule has 13 rings (SSSR count). The lowest BCUT2D eigenvalue weighted by Crippen LogP contribution is -1.96. The summed E-state index contributed by atoms with van der Waals surface area (Å²) in [4.78, 5) is 0. The Morgan fingerprint density at radius 2 is 0.750 bits per heavy atom. The second kappa shape index (κ2) is 12.7. The van der Waals surface area contributed by atoms with Gasteiger partial charge < -0.3 is 13.6 Å². The first-order valence-corrected chi connectivity index (χ1v) is 20.5. The fraction of sp³-hybridized carbons (Fsp3) is 0. The summed E-state index contributed by atoms with van der Waals surface area (Å²) >= 11 is 0. The summed E-state index contributed by atoms with van der Waals surface area (Å²) < 4.78 is 13.8. The third-order valence-electron chi connectivity index (χ3n) is 12.4. The molecule has 4 heteroatoms. The van der Waals surface area contributed by atoms with Crippen LogP contribution in [0.3, 0.4) is 0 Å². The van der Waals surface area contributed by atoms with Gasteiger partial charge in [0.2, 0.25) is 5.71 Å². The van der Waals surface area contributed by atoms with Gasteiger partial charge in [0, 0.05) is 49.4 Å². The fourth-order valence-corrected chi connectivity index (χ4v) is 9.79. The Morgan fingerprint density at radius 3 is 1.42 bits per heavy atom. The SMILES string of the molecule is c1ccc(-n2c3ccccc3c3c4ccc(-c5cccc(-c6cccc(-n7c8ccccc8c8cc(-n9c%10ccccc%10c%10ccccc%109)ccc87)c6)c5)cc4oc32)cc1. The molecule has 60 heavy (non-hydrogen) atoms. The minimum absolute atomic E-state index is 0.869. The maximum atomic E-state index is 6.75. The Morgan fingerprint density at radius 1 is 0.267 bits per heavy atom. The maximum absolute atomic E-state index is 6.75. The molecule has 0 spiro atoms. The smallest absolute Gasteiger partial charge is 0.213 e. The number of hydrogen-bond acceptors (Lipinski definition) is 1. The van der Waals surface area contributed by atoms with E-state index in [0.29, 0.717) is 0 Å². The molecule has 0 aliphatic carbocycles. The summed E-state index contributed by atoms with van der Waals surface area (Å²) in [5.74, 6) is 0. The highest BCUT2D eigenvalue weighted by molar-refractivity contribution is 6.20. The van der Waals surface area contributed by atoms with Crippen LogP contribution < -0.4 is 0 Å². The van der Waals surface area contributed by atoms with Crippen LogP contribution in [0, 0.1) is 0 Å². The highest BCUT2D eigenvalue weighted by Crippen LogP contribution is 2.41. The molecule has 0 unspecified atom stereocenters. The topological polar surface area (TPSA) is 27.9 Å². The number of benzene rings is 9. The van der Waals surface area contributed by atoms with Crippen LogP contribution in [0.2, 0.25) is 0 Å². The zero-order valence-corrected chi connectivity index (χ0v) is 32.5. The van der Waals surface area contributed by atoms with Gasteiger partial charge in [-0.25, -0.2) is 0 Å². The van der Waals surface area contributed by atoms with Crippen molar-refractivity contribution in [2.45, 2.75) is 0 Å². The van der Waals surface area contributed by atoms with Gasteiger partial charge in [-0.2, -0.15) is 0 Å². The van der Waals surface area contributed by atoms with Crippen LogP contribution in [-0.2, 0) is 0 Å². The van der Waals surface area contributed by atoms with E-state index in [-0.39, 0.29) is 0 Å². The summed E-state index contributed by atoms with van der Waals surface area (Å²) in [5, 5.41) is 8.46. The minimum Gasteiger partial charge on any atom is -0.439 e. The van der Waals surface area contributed by atoms with Gasteiger partial charge in [-0.15, -0.1) is 0 Å². The molecule has 0 fully saturated rings. The third kappa shape index (κ3) is 4.79. The summed E-state index contributed by atoms with van der Waals surface area (Å²) in [5.41, 5.74) is 15.6. The molecule has 4 aromatic heterocycles. The molecule has 9 aromatic carbocycles. The first kappa shape index (κ1) is 32.9. The molecule has 13 aromatic rings. The van der Waals surface area contributed by atoms with Gasteiger partial charge >= 0.3 is 0 Å². The predicted octanol–water partition coefficient (Wildman–Crippen LogP) is 15.1. The molecule has 280 valence electrons. The molecule has 4 heterocycles. The number of aromatic nitrogens is 3. The van der Waals surface area contributed by atoms with E-state index in [1.54, 1.807) is 0 Å². The molecule has 0 bridgehead atoms. The van der Waals surface area contributed by atoms with Crippen molar-refractivity contribution in [3.63, 3.8) is 0 Å². The number of fused-ring (bicyclic) bond motifs is 11. The van der Waals surface area contributed by atoms with Crippen molar-refractivity contribution >= 4 is 76.6 Å². The van der Waals surface area contributed by atoms with Crippen LogP contribution in [0.4, 0.5) is 0 Å². The second-order valence-corrected chi connectivity index (χ2v) is 15.7. The molecule has 0 amide bonds. The van der Waals surface area contributed by atoms with E-state index in [4.69, 9.17) is 4.42 Å². The van der Waals surface area contributed by atoms with E-state index in [2.05, 4.69) is 226 Å². The lowest BCUT2D eigenvalue weighted by atomic mass is 9.98. The van der Waals surface area contributed by atoms with E-state index in [0.717, 1.165) is 66.9 Å². The number of rotatable bonds is 5. The van der Waals surface area contributed by atoms with Crippen molar-refractivity contribution in [1.82, 2.24) is 13.7 Å². The molecular formula is C56H35N3O. The van der Waals surface area contributed by atoms with Crippen molar-refractivity contribution < 1.29 is 4.42 Å². The molecule has 0 N–H and O–H groups in total. The minimum atomic E-state index is 0.869. The average molecular weight is 766 g/mol. The van der Waals surface area contributed by atoms with E-state index in [1.807, 2.05) is 0 Å². The average Bonchev–Trinajstić information content (AvgIpc) is 4.05. The van der Waals surface area contributed by atoms with E-state index >= 15 is 0 Å². The molecule has 0 saturated heterocycles. The van der Waals surface area contributed by atoms with Gasteiger partial charge in [-0.1, -0.05) is 127 Å². The van der Waals surface area contributed by atoms with Gasteiger partial charge in [0.1, 0.15) is 5.58 Å². The molecular weight excluding hydrogens is 731 g/mol. The Labute approximate surface area is 345 Å². The van der Waals surface area contributed by atoms with Crippen LogP contribution in [-0.4, -0.2) is 13.7 Å². The highest BCUT2D eigenvalue weighted by atomic mass is 16.3. The Bertz CT molecular complexity index is 3790. The number of furan rings is 1. The zero-order valence-electron chi connectivity index (χ0n) is 32.5. The number of nitrogens with zero attached hydrogens (tertiary/aromatic N) is 3. The predicted molar refractivity (Wildman–Crippen MR) is 250 cm³/mol. The van der Waals surface area contributed by atoms with Crippen LogP contribution in [0.25, 0.3) is 116 Å². The van der Waals surface area contributed by atoms with Gasteiger partial charge in [0.05, 0.1) is 33.0 Å². The molecule has 0 atom stereocenters. The summed E-state index contributed by atoms with van der Waals surface area (Å²) in [6, 6.07) is 76.6. The molecule has 0 aliphatic heterocycles. The van der Waals surface area contributed by atoms with Crippen LogP contribution in [0.15, 0.2) is 217 Å². The highest BCUT2D eigenvalue weighted by Gasteiger charge is 2.20. The van der Waals surface area contributed by atoms with Crippen molar-refractivity contribution in [3.05, 3.63) is 212 Å². The van der Waals surface area contributed by atoms with Gasteiger partial charge in [-0.3, -0.25) is 4.57 Å². The zero-order chi connectivity index (χ0) is 39.3. The maximum Gasteiger partial charge on any atom is 0.213 e. The first-order chi connectivity index (χ1) is 29.8. The fourth-order valence-electron chi connectivity index (χ4n) is 9.79. The second-order valence-electron chi connectivity index (χ2n) is 15.7. The molecule has 4 nitrogen and oxygen atoms in total. The van der Waals surface area contributed by atoms with Crippen molar-refractivity contribution in [2.75, 3.05) is 0 Å². The number of hydrogen-bond donors (Lipinski definition) is 0. The summed E-state index contributed by atoms with van der Waals surface area (Å²) in [7, 11) is 0. The van der Waals surface area contributed by atoms with Crippen LogP contribution in [0.5, 0.6) is 0 Å². The number of para-hydroxylation sites is 5. The Balaban J connectivity index is 0.911. The van der Waals surface area contributed by atoms with Crippen LogP contribution >= 0.6 is 0 Å². The quantitative estimate of drug-likeness (QED) is 0.171. The third-order valence-corrected chi connectivity index (χ3v) is 12.4. The molecule has 0 saturated carbocycles. The van der Waals surface area contributed by atoms with Gasteiger partial charge in [0.25, 0.3) is 0 Å². The standard InChI is InChI=1S/C56H35N3O/c1-2-17-40(18-3-1)59-52-27-11-7-23-46(52)55-47-30-28-39(34-54(47)60-56(55)59)37-15-12-14-36(32-37)38-16-13-19-41(33-38)57-51-26-10-6-22-45(51)48-35-42(29-31-53(48)57)58-49-24-8-4-20-43(49)44-21-5-9-25-50(44)58/h1-35H.